The highest BCUT2D eigenvalue weighted by Gasteiger charge is 2.64. The maximum absolute atomic E-state index is 14.3. The second-order valence-corrected chi connectivity index (χ2v) is 8.37. The van der Waals surface area contributed by atoms with Crippen molar-refractivity contribution in [3.8, 4) is 11.6 Å². The van der Waals surface area contributed by atoms with Crippen molar-refractivity contribution in [2.45, 2.75) is 19.3 Å². The van der Waals surface area contributed by atoms with E-state index in [-0.39, 0.29) is 17.4 Å². The molecular weight excluding hydrogens is 432 g/mol. The predicted molar refractivity (Wildman–Crippen MR) is 126 cm³/mol. The number of para-hydroxylation sites is 1. The van der Waals surface area contributed by atoms with Gasteiger partial charge < -0.3 is 10.1 Å². The SMILES string of the molecule is CCNC1=C([N+](=O)[O-])C2(C(=O)c3cccc4cccc2c34)c2c(C)nn(-c3ccccc3)c2O1. The fraction of sp³-hybridized carbons (Fsp3) is 0.154. The highest BCUT2D eigenvalue weighted by molar-refractivity contribution is 6.23. The summed E-state index contributed by atoms with van der Waals surface area (Å²) in [7, 11) is 0. The number of fused-ring (bicyclic) bond motifs is 3. The van der Waals surface area contributed by atoms with E-state index in [1.165, 1.54) is 0 Å². The first-order valence-electron chi connectivity index (χ1n) is 11.0. The van der Waals surface area contributed by atoms with Gasteiger partial charge in [0.2, 0.25) is 5.88 Å². The molecule has 0 radical (unpaired) electrons. The molecule has 1 spiro atoms. The van der Waals surface area contributed by atoms with Gasteiger partial charge in [-0.25, -0.2) is 4.68 Å². The predicted octanol–water partition coefficient (Wildman–Crippen LogP) is 4.26. The van der Waals surface area contributed by atoms with Gasteiger partial charge in [-0.3, -0.25) is 14.9 Å². The van der Waals surface area contributed by atoms with Crippen molar-refractivity contribution < 1.29 is 14.5 Å². The second kappa shape index (κ2) is 7.02. The molecule has 0 saturated heterocycles. The number of nitrogens with zero attached hydrogens (tertiary/aromatic N) is 3. The number of nitro groups is 1. The number of allylic oxidation sites excluding steroid dienone is 1. The number of Topliss-reactive ketones (excluding diaryl/α,β-unsaturated/α-hetero) is 1. The minimum Gasteiger partial charge on any atom is -0.416 e. The first-order chi connectivity index (χ1) is 16.5. The summed E-state index contributed by atoms with van der Waals surface area (Å²) in [6, 6.07) is 20.4. The van der Waals surface area contributed by atoms with Crippen LogP contribution in [0.4, 0.5) is 0 Å². The number of aromatic nitrogens is 2. The fourth-order valence-electron chi connectivity index (χ4n) is 5.36. The number of aryl methyl sites for hydroxylation is 1. The van der Waals surface area contributed by atoms with Crippen LogP contribution in [0, 0.1) is 17.0 Å². The summed E-state index contributed by atoms with van der Waals surface area (Å²) < 4.78 is 7.77. The van der Waals surface area contributed by atoms with Gasteiger partial charge in [-0.15, -0.1) is 0 Å². The summed E-state index contributed by atoms with van der Waals surface area (Å²) in [5, 5.41) is 21.9. The molecule has 1 atom stereocenters. The summed E-state index contributed by atoms with van der Waals surface area (Å²) in [6.07, 6.45) is 0. The highest BCUT2D eigenvalue weighted by Crippen LogP contribution is 2.56. The van der Waals surface area contributed by atoms with Gasteiger partial charge in [-0.05, 0) is 42.3 Å². The smallest absolute Gasteiger partial charge is 0.328 e. The van der Waals surface area contributed by atoms with Crippen LogP contribution in [0.25, 0.3) is 16.5 Å². The van der Waals surface area contributed by atoms with Crippen molar-refractivity contribution in [1.82, 2.24) is 15.1 Å². The molecular formula is C26H20N4O4. The number of rotatable bonds is 4. The molecule has 3 aromatic carbocycles. The van der Waals surface area contributed by atoms with Gasteiger partial charge in [-0.1, -0.05) is 54.6 Å². The Morgan fingerprint density at radius 1 is 1.09 bits per heavy atom. The molecule has 1 aliphatic heterocycles. The van der Waals surface area contributed by atoms with Gasteiger partial charge in [0.1, 0.15) is 0 Å². The third-order valence-corrected chi connectivity index (χ3v) is 6.58. The van der Waals surface area contributed by atoms with Crippen LogP contribution < -0.4 is 10.1 Å². The molecule has 0 saturated carbocycles. The zero-order valence-electron chi connectivity index (χ0n) is 18.5. The van der Waals surface area contributed by atoms with Gasteiger partial charge in [0.15, 0.2) is 11.2 Å². The molecule has 0 bridgehead atoms. The van der Waals surface area contributed by atoms with Crippen LogP contribution in [0.2, 0.25) is 0 Å². The van der Waals surface area contributed by atoms with E-state index in [0.717, 1.165) is 16.5 Å². The molecule has 2 aliphatic rings. The number of ketones is 1. The fourth-order valence-corrected chi connectivity index (χ4v) is 5.36. The van der Waals surface area contributed by atoms with Crippen molar-refractivity contribution in [3.63, 3.8) is 0 Å². The van der Waals surface area contributed by atoms with E-state index in [4.69, 9.17) is 9.84 Å². The first-order valence-corrected chi connectivity index (χ1v) is 11.0. The summed E-state index contributed by atoms with van der Waals surface area (Å²) >= 11 is 0. The monoisotopic (exact) mass is 452 g/mol. The molecule has 34 heavy (non-hydrogen) atoms. The van der Waals surface area contributed by atoms with E-state index in [0.29, 0.717) is 34.8 Å². The Morgan fingerprint density at radius 3 is 2.53 bits per heavy atom. The number of carbonyl (C=O) groups excluding carboxylic acids is 1. The molecule has 168 valence electrons. The lowest BCUT2D eigenvalue weighted by Gasteiger charge is -2.32. The Morgan fingerprint density at radius 2 is 1.82 bits per heavy atom. The van der Waals surface area contributed by atoms with Crippen LogP contribution in [0.15, 0.2) is 78.3 Å². The first kappa shape index (κ1) is 20.2. The van der Waals surface area contributed by atoms with E-state index in [1.807, 2.05) is 55.5 Å². The van der Waals surface area contributed by atoms with Crippen LogP contribution in [-0.2, 0) is 5.41 Å². The second-order valence-electron chi connectivity index (χ2n) is 8.37. The number of benzene rings is 3. The normalized spacial score (nSPS) is 18.4. The topological polar surface area (TPSA) is 99.3 Å². The Bertz CT molecular complexity index is 1550. The van der Waals surface area contributed by atoms with Gasteiger partial charge >= 0.3 is 5.70 Å². The van der Waals surface area contributed by atoms with E-state index in [2.05, 4.69) is 5.32 Å². The lowest BCUT2D eigenvalue weighted by Crippen LogP contribution is -2.45. The van der Waals surface area contributed by atoms with Crippen LogP contribution in [0.1, 0.15) is 34.1 Å². The van der Waals surface area contributed by atoms with Crippen LogP contribution >= 0.6 is 0 Å². The molecule has 2 heterocycles. The van der Waals surface area contributed by atoms with Gasteiger partial charge in [-0.2, -0.15) is 5.10 Å². The average Bonchev–Trinajstić information content (AvgIpc) is 3.30. The Kier molecular flexibility index (Phi) is 4.16. The molecule has 8 nitrogen and oxygen atoms in total. The van der Waals surface area contributed by atoms with Gasteiger partial charge in [0.25, 0.3) is 5.88 Å². The molecule has 0 fully saturated rings. The maximum Gasteiger partial charge on any atom is 0.328 e. The zero-order valence-corrected chi connectivity index (χ0v) is 18.5. The van der Waals surface area contributed by atoms with Gasteiger partial charge in [0, 0.05) is 12.1 Å². The van der Waals surface area contributed by atoms with E-state index in [1.54, 1.807) is 29.8 Å². The third-order valence-electron chi connectivity index (χ3n) is 6.58. The molecule has 1 N–H and O–H groups in total. The van der Waals surface area contributed by atoms with E-state index in [9.17, 15) is 14.9 Å². The van der Waals surface area contributed by atoms with Gasteiger partial charge in [0.05, 0.1) is 21.9 Å². The van der Waals surface area contributed by atoms with Crippen molar-refractivity contribution in [1.29, 1.82) is 0 Å². The molecule has 1 aromatic heterocycles. The molecule has 6 rings (SSSR count). The number of hydrogen-bond donors (Lipinski definition) is 1. The summed E-state index contributed by atoms with van der Waals surface area (Å²) in [6.45, 7) is 3.96. The van der Waals surface area contributed by atoms with Crippen molar-refractivity contribution in [3.05, 3.63) is 111 Å². The van der Waals surface area contributed by atoms with Crippen LogP contribution in [0.3, 0.4) is 0 Å². The molecule has 8 heteroatoms. The summed E-state index contributed by atoms with van der Waals surface area (Å²) in [5.41, 5.74) is 0.658. The van der Waals surface area contributed by atoms with E-state index < -0.39 is 10.3 Å². The quantitative estimate of drug-likeness (QED) is 0.367. The molecule has 1 aliphatic carbocycles. The van der Waals surface area contributed by atoms with E-state index >= 15 is 0 Å². The van der Waals surface area contributed by atoms with Crippen LogP contribution in [-0.4, -0.2) is 27.0 Å². The van der Waals surface area contributed by atoms with Crippen LogP contribution in [0.5, 0.6) is 5.88 Å². The zero-order chi connectivity index (χ0) is 23.6. The number of carbonyl (C=O) groups is 1. The molecule has 4 aromatic rings. The van der Waals surface area contributed by atoms with Crippen molar-refractivity contribution >= 4 is 16.6 Å². The third kappa shape index (κ3) is 2.37. The average molecular weight is 452 g/mol. The Labute approximate surface area is 194 Å². The number of hydrogen-bond acceptors (Lipinski definition) is 6. The molecule has 0 amide bonds. The minimum absolute atomic E-state index is 0.0461. The van der Waals surface area contributed by atoms with Crippen molar-refractivity contribution in [2.24, 2.45) is 0 Å². The standard InChI is InChI=1S/C26H20N4O4/c1-3-27-24-22(30(32)33)26(19-14-8-10-16-9-7-13-18(20(16)19)23(26)31)21-15(2)28-29(25(21)34-24)17-11-5-4-6-12-17/h4-14,27H,3H2,1-2H3. The summed E-state index contributed by atoms with van der Waals surface area (Å²) in [5.74, 6) is -0.0969. The number of nitrogens with one attached hydrogen (secondary N) is 1. The van der Waals surface area contributed by atoms with Crippen molar-refractivity contribution in [2.75, 3.05) is 6.54 Å². The molecule has 1 unspecified atom stereocenters. The maximum atomic E-state index is 14.3. The Hall–Kier alpha value is -4.46. The lowest BCUT2D eigenvalue weighted by molar-refractivity contribution is -0.436. The lowest BCUT2D eigenvalue weighted by atomic mass is 9.70. The highest BCUT2D eigenvalue weighted by atomic mass is 16.6. The largest absolute Gasteiger partial charge is 0.416 e. The summed E-state index contributed by atoms with van der Waals surface area (Å²) in [4.78, 5) is 26.5. The Balaban J connectivity index is 1.79. The minimum atomic E-state index is -1.69. The number of ether oxygens (including phenoxy) is 1.